The molecule has 0 saturated carbocycles. The molecule has 10 nitrogen and oxygen atoms in total. The van der Waals surface area contributed by atoms with Crippen LogP contribution in [-0.4, -0.2) is 41.8 Å². The van der Waals surface area contributed by atoms with Crippen molar-refractivity contribution >= 4 is 22.6 Å². The quantitative estimate of drug-likeness (QED) is 0.611. The molecule has 1 aromatic carbocycles. The van der Waals surface area contributed by atoms with Crippen molar-refractivity contribution in [3.05, 3.63) is 52.2 Å². The van der Waals surface area contributed by atoms with Crippen LogP contribution < -0.4 is 10.9 Å². The highest BCUT2D eigenvalue weighted by Crippen LogP contribution is 2.14. The second-order valence-corrected chi connectivity index (χ2v) is 6.76. The number of carbonyl (C=O) groups is 2. The number of amides is 1. The van der Waals surface area contributed by atoms with Crippen LogP contribution in [0.15, 0.2) is 35.3 Å². The number of carboxylic acid groups (broad SMARTS) is 1. The van der Waals surface area contributed by atoms with Gasteiger partial charge in [0.15, 0.2) is 5.69 Å². The number of carbonyl (C=O) groups excluding carboxylic acids is 1. The van der Waals surface area contributed by atoms with Crippen molar-refractivity contribution in [2.75, 3.05) is 0 Å². The number of aromatic nitrogens is 5. The van der Waals surface area contributed by atoms with E-state index in [0.717, 1.165) is 0 Å². The van der Waals surface area contributed by atoms with E-state index in [9.17, 15) is 14.4 Å². The van der Waals surface area contributed by atoms with Gasteiger partial charge >= 0.3 is 5.97 Å². The van der Waals surface area contributed by atoms with Crippen LogP contribution in [-0.2, 0) is 24.4 Å². The molecule has 0 radical (unpaired) electrons. The summed E-state index contributed by atoms with van der Waals surface area (Å²) in [6.07, 6.45) is 1.44. The molecule has 28 heavy (non-hydrogen) atoms. The van der Waals surface area contributed by atoms with E-state index in [1.54, 1.807) is 24.3 Å². The summed E-state index contributed by atoms with van der Waals surface area (Å²) >= 11 is 0. The normalized spacial score (nSPS) is 11.1. The standard InChI is InChI=1S/C18H20N6O4/c1-11(2)8-24-18(28)14-6-4-3-5-13(14)16(21-24)17(27)19-7-12-9-23(22-20-12)10-15(25)26/h3-6,9,11H,7-8,10H2,1-2H3,(H,19,27)(H,25,26). The highest BCUT2D eigenvalue weighted by Gasteiger charge is 2.17. The van der Waals surface area contributed by atoms with Gasteiger partial charge in [0.25, 0.3) is 11.5 Å². The smallest absolute Gasteiger partial charge is 0.325 e. The molecule has 0 aliphatic rings. The summed E-state index contributed by atoms with van der Waals surface area (Å²) in [5.74, 6) is -1.31. The zero-order valence-electron chi connectivity index (χ0n) is 15.5. The Kier molecular flexibility index (Phi) is 5.48. The number of hydrogen-bond acceptors (Lipinski definition) is 6. The van der Waals surface area contributed by atoms with Gasteiger partial charge < -0.3 is 10.4 Å². The third-order valence-electron chi connectivity index (χ3n) is 3.93. The van der Waals surface area contributed by atoms with E-state index in [-0.39, 0.29) is 30.3 Å². The van der Waals surface area contributed by atoms with Gasteiger partial charge in [-0.3, -0.25) is 14.4 Å². The SMILES string of the molecule is CC(C)Cn1nc(C(=O)NCc2cn(CC(=O)O)nn2)c2ccccc2c1=O. The molecule has 0 aliphatic carbocycles. The largest absolute Gasteiger partial charge is 0.480 e. The number of aliphatic carboxylic acids is 1. The average Bonchev–Trinajstić information content (AvgIpc) is 3.08. The third kappa shape index (κ3) is 4.22. The zero-order chi connectivity index (χ0) is 20.3. The maximum absolute atomic E-state index is 12.7. The highest BCUT2D eigenvalue weighted by atomic mass is 16.4. The van der Waals surface area contributed by atoms with Crippen molar-refractivity contribution in [3.63, 3.8) is 0 Å². The Hall–Kier alpha value is -3.56. The number of rotatable bonds is 7. The Balaban J connectivity index is 1.86. The lowest BCUT2D eigenvalue weighted by molar-refractivity contribution is -0.137. The van der Waals surface area contributed by atoms with Crippen LogP contribution in [0, 0.1) is 5.92 Å². The van der Waals surface area contributed by atoms with Gasteiger partial charge in [0, 0.05) is 11.9 Å². The van der Waals surface area contributed by atoms with Crippen LogP contribution in [0.5, 0.6) is 0 Å². The minimum Gasteiger partial charge on any atom is -0.480 e. The van der Waals surface area contributed by atoms with Crippen molar-refractivity contribution in [2.24, 2.45) is 5.92 Å². The summed E-state index contributed by atoms with van der Waals surface area (Å²) in [4.78, 5) is 36.0. The molecule has 2 heterocycles. The fourth-order valence-electron chi connectivity index (χ4n) is 2.76. The molecule has 0 bridgehead atoms. The van der Waals surface area contributed by atoms with Crippen LogP contribution in [0.3, 0.4) is 0 Å². The second-order valence-electron chi connectivity index (χ2n) is 6.76. The number of nitrogens with zero attached hydrogens (tertiary/aromatic N) is 5. The van der Waals surface area contributed by atoms with Gasteiger partial charge in [-0.25, -0.2) is 9.36 Å². The van der Waals surface area contributed by atoms with Crippen LogP contribution >= 0.6 is 0 Å². The molecular weight excluding hydrogens is 364 g/mol. The maximum atomic E-state index is 12.7. The molecule has 0 aliphatic heterocycles. The molecule has 2 aromatic heterocycles. The number of carboxylic acids is 1. The first-order valence-electron chi connectivity index (χ1n) is 8.74. The Morgan fingerprint density at radius 2 is 1.93 bits per heavy atom. The molecule has 3 rings (SSSR count). The van der Waals surface area contributed by atoms with Crippen molar-refractivity contribution in [1.29, 1.82) is 0 Å². The lowest BCUT2D eigenvalue weighted by atomic mass is 10.1. The van der Waals surface area contributed by atoms with Crippen LogP contribution in [0.4, 0.5) is 0 Å². The fraction of sp³-hybridized carbons (Fsp3) is 0.333. The van der Waals surface area contributed by atoms with Gasteiger partial charge in [-0.05, 0) is 12.0 Å². The molecular formula is C18H20N6O4. The van der Waals surface area contributed by atoms with Crippen LogP contribution in [0.25, 0.3) is 10.8 Å². The van der Waals surface area contributed by atoms with Crippen LogP contribution in [0.2, 0.25) is 0 Å². The number of nitrogens with one attached hydrogen (secondary N) is 1. The van der Waals surface area contributed by atoms with Gasteiger partial charge in [0.2, 0.25) is 0 Å². The first kappa shape index (κ1) is 19.2. The molecule has 10 heteroatoms. The predicted octanol–water partition coefficient (Wildman–Crippen LogP) is 0.659. The fourth-order valence-corrected chi connectivity index (χ4v) is 2.76. The van der Waals surface area contributed by atoms with Crippen molar-refractivity contribution in [3.8, 4) is 0 Å². The summed E-state index contributed by atoms with van der Waals surface area (Å²) in [5.41, 5.74) is 0.320. The second kappa shape index (κ2) is 7.99. The Morgan fingerprint density at radius 1 is 1.21 bits per heavy atom. The molecule has 2 N–H and O–H groups in total. The van der Waals surface area contributed by atoms with E-state index in [1.807, 2.05) is 13.8 Å². The first-order chi connectivity index (χ1) is 13.3. The lowest BCUT2D eigenvalue weighted by Crippen LogP contribution is -2.31. The first-order valence-corrected chi connectivity index (χ1v) is 8.74. The summed E-state index contributed by atoms with van der Waals surface area (Å²) in [5, 5.41) is 24.1. The Morgan fingerprint density at radius 3 is 2.61 bits per heavy atom. The van der Waals surface area contributed by atoms with E-state index in [1.165, 1.54) is 15.6 Å². The molecule has 1 amide bonds. The third-order valence-corrected chi connectivity index (χ3v) is 3.93. The molecule has 0 unspecified atom stereocenters. The highest BCUT2D eigenvalue weighted by molar-refractivity contribution is 6.04. The molecule has 146 valence electrons. The van der Waals surface area contributed by atoms with Gasteiger partial charge in [-0.1, -0.05) is 37.3 Å². The van der Waals surface area contributed by atoms with Gasteiger partial charge in [-0.15, -0.1) is 5.10 Å². The number of hydrogen-bond donors (Lipinski definition) is 2. The van der Waals surface area contributed by atoms with E-state index < -0.39 is 11.9 Å². The minimum atomic E-state index is -1.04. The Labute approximate surface area is 159 Å². The monoisotopic (exact) mass is 384 g/mol. The molecule has 0 spiro atoms. The molecule has 0 fully saturated rings. The minimum absolute atomic E-state index is 0.0533. The number of fused-ring (bicyclic) bond motifs is 1. The summed E-state index contributed by atoms with van der Waals surface area (Å²) < 4.78 is 2.48. The molecule has 3 aromatic rings. The summed E-state index contributed by atoms with van der Waals surface area (Å²) in [6.45, 7) is 4.06. The van der Waals surface area contributed by atoms with Gasteiger partial charge in [-0.2, -0.15) is 5.10 Å². The average molecular weight is 384 g/mol. The predicted molar refractivity (Wildman–Crippen MR) is 99.7 cm³/mol. The van der Waals surface area contributed by atoms with Gasteiger partial charge in [0.05, 0.1) is 18.1 Å². The van der Waals surface area contributed by atoms with E-state index in [0.29, 0.717) is 23.0 Å². The van der Waals surface area contributed by atoms with Crippen LogP contribution in [0.1, 0.15) is 30.0 Å². The van der Waals surface area contributed by atoms with E-state index >= 15 is 0 Å². The summed E-state index contributed by atoms with van der Waals surface area (Å²) in [6, 6.07) is 6.84. The van der Waals surface area contributed by atoms with Crippen molar-refractivity contribution < 1.29 is 14.7 Å². The molecule has 0 atom stereocenters. The number of benzene rings is 1. The van der Waals surface area contributed by atoms with E-state index in [2.05, 4.69) is 20.7 Å². The van der Waals surface area contributed by atoms with E-state index in [4.69, 9.17) is 5.11 Å². The van der Waals surface area contributed by atoms with Crippen molar-refractivity contribution in [1.82, 2.24) is 30.1 Å². The Bertz CT molecular complexity index is 1090. The zero-order valence-corrected chi connectivity index (χ0v) is 15.5. The van der Waals surface area contributed by atoms with Gasteiger partial charge in [0.1, 0.15) is 12.2 Å². The maximum Gasteiger partial charge on any atom is 0.325 e. The summed E-state index contributed by atoms with van der Waals surface area (Å²) in [7, 11) is 0. The topological polar surface area (TPSA) is 132 Å². The lowest BCUT2D eigenvalue weighted by Gasteiger charge is -2.12. The van der Waals surface area contributed by atoms with Crippen molar-refractivity contribution in [2.45, 2.75) is 33.5 Å². The molecule has 0 saturated heterocycles.